The summed E-state index contributed by atoms with van der Waals surface area (Å²) in [5.41, 5.74) is 0. The van der Waals surface area contributed by atoms with Crippen LogP contribution in [-0.4, -0.2) is 26.9 Å². The zero-order chi connectivity index (χ0) is 36.5. The molecule has 4 atom stereocenters. The van der Waals surface area contributed by atoms with Crippen LogP contribution in [0.5, 0.6) is 0 Å². The molecular formula is C40H67Cl5N3Pd-. The van der Waals surface area contributed by atoms with E-state index in [1.807, 2.05) is 0 Å². The third-order valence-electron chi connectivity index (χ3n) is 12.7. The Hall–Kier alpha value is 0.602. The van der Waals surface area contributed by atoms with Crippen LogP contribution in [0.4, 0.5) is 0 Å². The van der Waals surface area contributed by atoms with Crippen molar-refractivity contribution in [2.45, 2.75) is 157 Å². The Balaban J connectivity index is 0.000000718. The maximum absolute atomic E-state index is 7.38. The van der Waals surface area contributed by atoms with Crippen LogP contribution in [0.2, 0.25) is 5.02 Å². The van der Waals surface area contributed by atoms with Gasteiger partial charge in [-0.3, -0.25) is 4.98 Å². The van der Waals surface area contributed by atoms with Crippen LogP contribution in [0.15, 0.2) is 34.8 Å². The van der Waals surface area contributed by atoms with Gasteiger partial charge in [-0.05, 0) is 85.2 Å². The van der Waals surface area contributed by atoms with E-state index in [0.717, 1.165) is 34.0 Å². The van der Waals surface area contributed by atoms with Gasteiger partial charge in [-0.15, -0.1) is 0 Å². The fraction of sp³-hybridized carbons (Fsp3) is 0.800. The number of aromatic nitrogens is 1. The molecule has 0 amide bonds. The number of rotatable bonds is 14. The summed E-state index contributed by atoms with van der Waals surface area (Å²) >= 11 is 20.1. The molecule has 0 spiro atoms. The molecule has 0 aromatic carbocycles. The van der Waals surface area contributed by atoms with Gasteiger partial charge in [0.05, 0.1) is 5.02 Å². The molecule has 1 aromatic heterocycles. The molecule has 0 radical (unpaired) electrons. The molecule has 4 unspecified atom stereocenters. The zero-order valence-electron chi connectivity index (χ0n) is 31.6. The SMILES string of the molecule is CCC(CC)C1CCCC(C(CC)CC)C1N1[CH-]N(C2C(C(CC)CC)CCCC2C(CC)CC)C(Cl)=C1Cl.Clc1cccnc1.[Cl][Pd][Cl]. The fourth-order valence-electron chi connectivity index (χ4n) is 10.2. The first-order valence-electron chi connectivity index (χ1n) is 19.5. The van der Waals surface area contributed by atoms with Crippen LogP contribution < -0.4 is 0 Å². The van der Waals surface area contributed by atoms with Crippen molar-refractivity contribution in [3.63, 3.8) is 0 Å². The van der Waals surface area contributed by atoms with Crippen molar-refractivity contribution in [3.05, 3.63) is 46.5 Å². The van der Waals surface area contributed by atoms with Gasteiger partial charge in [-0.2, -0.15) is 6.67 Å². The molecule has 2 heterocycles. The van der Waals surface area contributed by atoms with Crippen molar-refractivity contribution in [3.8, 4) is 0 Å². The molecule has 0 bridgehead atoms. The Kier molecular flexibility index (Phi) is 23.2. The minimum absolute atomic E-state index is 0.106. The van der Waals surface area contributed by atoms with Gasteiger partial charge in [-0.25, -0.2) is 0 Å². The van der Waals surface area contributed by atoms with E-state index in [9.17, 15) is 0 Å². The molecule has 2 saturated carbocycles. The number of pyridine rings is 1. The quantitative estimate of drug-likeness (QED) is 0.105. The molecule has 0 saturated heterocycles. The average Bonchev–Trinajstić information content (AvgIpc) is 3.41. The molecule has 1 aromatic rings. The molecule has 1 aliphatic heterocycles. The van der Waals surface area contributed by atoms with Gasteiger partial charge < -0.3 is 9.80 Å². The summed E-state index contributed by atoms with van der Waals surface area (Å²) in [5.74, 6) is 5.75. The van der Waals surface area contributed by atoms with Crippen LogP contribution in [-0.2, 0) is 15.9 Å². The standard InChI is InChI=1S/C35H63Cl2N2.C5H4ClN.2ClH.Pd/c1-9-24(10-2)28-19-17-20-29(25(11-3)12-4)32(28)38-23-39(35(37)34(38)36)33-30(26(13-5)14-6)21-18-22-31(33)27(15-7)16-8;6-5-2-1-3-7-4-5;;;/h23-33H,9-22H2,1-8H3;1-4H;2*1H;/q-1;;;;+2/p-2. The second-order valence-corrected chi connectivity index (χ2v) is 18.0. The van der Waals surface area contributed by atoms with E-state index in [4.69, 9.17) is 53.9 Å². The normalized spacial score (nSPS) is 26.1. The Bertz CT molecular complexity index is 932. The molecule has 0 N–H and O–H groups in total. The topological polar surface area (TPSA) is 19.4 Å². The van der Waals surface area contributed by atoms with Crippen LogP contribution >= 0.6 is 53.9 Å². The van der Waals surface area contributed by atoms with Gasteiger partial charge in [0.25, 0.3) is 0 Å². The summed E-state index contributed by atoms with van der Waals surface area (Å²) in [6, 6.07) is 4.50. The molecule has 4 rings (SSSR count). The number of halogens is 5. The summed E-state index contributed by atoms with van der Waals surface area (Å²) < 4.78 is 0. The van der Waals surface area contributed by atoms with Crippen molar-refractivity contribution in [1.29, 1.82) is 0 Å². The van der Waals surface area contributed by atoms with Gasteiger partial charge in [0.15, 0.2) is 0 Å². The molecule has 2 fully saturated rings. The third kappa shape index (κ3) is 12.3. The molecule has 49 heavy (non-hydrogen) atoms. The predicted octanol–water partition coefficient (Wildman–Crippen LogP) is 14.8. The first kappa shape index (κ1) is 45.8. The first-order valence-corrected chi connectivity index (χ1v) is 24.7. The first-order chi connectivity index (χ1) is 23.7. The fourth-order valence-corrected chi connectivity index (χ4v) is 10.8. The maximum atomic E-state index is 7.38. The van der Waals surface area contributed by atoms with Gasteiger partial charge in [0, 0.05) is 24.5 Å². The van der Waals surface area contributed by atoms with Crippen molar-refractivity contribution >= 4 is 53.9 Å². The molecule has 288 valence electrons. The molecule has 3 aliphatic rings. The molecule has 3 nitrogen and oxygen atoms in total. The second-order valence-electron chi connectivity index (χ2n) is 14.5. The summed E-state index contributed by atoms with van der Waals surface area (Å²) in [7, 11) is 9.63. The number of hydrogen-bond donors (Lipinski definition) is 0. The monoisotopic (exact) mass is 870 g/mol. The van der Waals surface area contributed by atoms with Crippen LogP contribution in [0.3, 0.4) is 0 Å². The van der Waals surface area contributed by atoms with Crippen molar-refractivity contribution in [2.24, 2.45) is 47.3 Å². The van der Waals surface area contributed by atoms with Gasteiger partial charge in [-0.1, -0.05) is 154 Å². The van der Waals surface area contributed by atoms with E-state index in [-0.39, 0.29) is 15.9 Å². The summed E-state index contributed by atoms with van der Waals surface area (Å²) in [4.78, 5) is 8.80. The third-order valence-corrected chi connectivity index (χ3v) is 13.7. The second kappa shape index (κ2) is 24.8. The Morgan fingerprint density at radius 1 is 0.633 bits per heavy atom. The van der Waals surface area contributed by atoms with E-state index < -0.39 is 0 Å². The molecular weight excluding hydrogens is 806 g/mol. The van der Waals surface area contributed by atoms with Crippen molar-refractivity contribution in [1.82, 2.24) is 14.8 Å². The Morgan fingerprint density at radius 3 is 1.14 bits per heavy atom. The van der Waals surface area contributed by atoms with E-state index in [1.165, 1.54) is 89.9 Å². The minimum atomic E-state index is -0.106. The summed E-state index contributed by atoms with van der Waals surface area (Å²) in [6.45, 7) is 21.7. The zero-order valence-corrected chi connectivity index (χ0v) is 36.9. The predicted molar refractivity (Wildman–Crippen MR) is 213 cm³/mol. The summed E-state index contributed by atoms with van der Waals surface area (Å²) in [5, 5.41) is 2.31. The van der Waals surface area contributed by atoms with Gasteiger partial charge in [0.1, 0.15) is 10.3 Å². The average molecular weight is 874 g/mol. The van der Waals surface area contributed by atoms with E-state index in [0.29, 0.717) is 40.8 Å². The van der Waals surface area contributed by atoms with Gasteiger partial charge in [0.2, 0.25) is 0 Å². The Labute approximate surface area is 333 Å². The van der Waals surface area contributed by atoms with Crippen molar-refractivity contribution < 1.29 is 15.9 Å². The Morgan fingerprint density at radius 2 is 0.939 bits per heavy atom. The van der Waals surface area contributed by atoms with Crippen molar-refractivity contribution in [2.75, 3.05) is 0 Å². The number of nitrogens with zero attached hydrogens (tertiary/aromatic N) is 3. The summed E-state index contributed by atoms with van der Waals surface area (Å²) in [6.07, 6.45) is 21.4. The van der Waals surface area contributed by atoms with Crippen LogP contribution in [0.25, 0.3) is 0 Å². The molecule has 9 heteroatoms. The van der Waals surface area contributed by atoms with E-state index in [2.05, 4.69) is 76.8 Å². The molecule has 2 aliphatic carbocycles. The number of hydrogen-bond acceptors (Lipinski definition) is 3. The van der Waals surface area contributed by atoms with E-state index in [1.54, 1.807) is 24.5 Å². The van der Waals surface area contributed by atoms with Crippen LogP contribution in [0, 0.1) is 54.0 Å². The van der Waals surface area contributed by atoms with E-state index >= 15 is 0 Å². The van der Waals surface area contributed by atoms with Crippen LogP contribution in [0.1, 0.15) is 145 Å². The van der Waals surface area contributed by atoms with Gasteiger partial charge >= 0.3 is 35.0 Å².